The van der Waals surface area contributed by atoms with Crippen LogP contribution in [0.1, 0.15) is 18.4 Å². The lowest BCUT2D eigenvalue weighted by atomic mass is 10.00. The van der Waals surface area contributed by atoms with Gasteiger partial charge in [0.2, 0.25) is 10.0 Å². The van der Waals surface area contributed by atoms with E-state index in [9.17, 15) is 13.5 Å². The highest BCUT2D eigenvalue weighted by atomic mass is 79.9. The molecule has 1 aliphatic carbocycles. The Bertz CT molecular complexity index is 677. The normalized spacial score (nSPS) is 29.8. The fourth-order valence-electron chi connectivity index (χ4n) is 3.48. The average Bonchev–Trinajstić information content (AvgIpc) is 2.97. The maximum atomic E-state index is 12.8. The molecule has 3 N–H and O–H groups in total. The fourth-order valence-corrected chi connectivity index (χ4v) is 5.71. The highest BCUT2D eigenvalue weighted by Gasteiger charge is 2.46. The maximum absolute atomic E-state index is 12.8. The Morgan fingerprint density at radius 3 is 2.71 bits per heavy atom. The second-order valence-electron chi connectivity index (χ2n) is 6.03. The van der Waals surface area contributed by atoms with Crippen LogP contribution in [-0.4, -0.2) is 37.0 Å². The minimum atomic E-state index is -3.55. The van der Waals surface area contributed by atoms with Gasteiger partial charge in [-0.25, -0.2) is 8.42 Å². The van der Waals surface area contributed by atoms with Gasteiger partial charge in [-0.05, 0) is 59.3 Å². The van der Waals surface area contributed by atoms with Crippen molar-refractivity contribution in [1.82, 2.24) is 4.31 Å². The quantitative estimate of drug-likeness (QED) is 0.772. The van der Waals surface area contributed by atoms with Crippen molar-refractivity contribution in [3.63, 3.8) is 0 Å². The molecule has 3 atom stereocenters. The minimum Gasteiger partial charge on any atom is -0.398 e. The minimum absolute atomic E-state index is 0.0767. The highest BCUT2D eigenvalue weighted by Crippen LogP contribution is 2.40. The summed E-state index contributed by atoms with van der Waals surface area (Å²) in [4.78, 5) is 0.262. The van der Waals surface area contributed by atoms with Crippen molar-refractivity contribution in [2.75, 3.05) is 18.8 Å². The van der Waals surface area contributed by atoms with Gasteiger partial charge >= 0.3 is 0 Å². The van der Waals surface area contributed by atoms with Gasteiger partial charge in [-0.3, -0.25) is 0 Å². The third-order valence-electron chi connectivity index (χ3n) is 4.70. The van der Waals surface area contributed by atoms with Crippen LogP contribution in [0.3, 0.4) is 0 Å². The zero-order chi connectivity index (χ0) is 15.4. The van der Waals surface area contributed by atoms with Crippen LogP contribution in [0.4, 0.5) is 5.69 Å². The smallest absolute Gasteiger partial charge is 0.243 e. The first-order chi connectivity index (χ1) is 9.80. The predicted molar refractivity (Wildman–Crippen MR) is 84.3 cm³/mol. The van der Waals surface area contributed by atoms with E-state index >= 15 is 0 Å². The van der Waals surface area contributed by atoms with Gasteiger partial charge in [-0.1, -0.05) is 0 Å². The molecular formula is C14H19BrN2O3S. The van der Waals surface area contributed by atoms with Crippen molar-refractivity contribution in [3.8, 4) is 0 Å². The molecule has 1 aliphatic heterocycles. The summed E-state index contributed by atoms with van der Waals surface area (Å²) in [6.45, 7) is 2.67. The number of nitrogens with two attached hydrogens (primary N) is 1. The zero-order valence-corrected chi connectivity index (χ0v) is 14.2. The average molecular weight is 375 g/mol. The molecule has 1 saturated carbocycles. The first kappa shape index (κ1) is 15.3. The number of benzene rings is 1. The van der Waals surface area contributed by atoms with E-state index in [1.54, 1.807) is 13.0 Å². The fraction of sp³-hybridized carbons (Fsp3) is 0.571. The number of sulfonamides is 1. The number of aliphatic hydroxyl groups excluding tert-OH is 1. The van der Waals surface area contributed by atoms with Crippen LogP contribution in [-0.2, 0) is 10.0 Å². The molecule has 0 aromatic heterocycles. The summed E-state index contributed by atoms with van der Waals surface area (Å²) >= 11 is 3.31. The molecule has 1 aromatic rings. The molecule has 0 spiro atoms. The number of nitrogen functional groups attached to an aromatic ring is 1. The van der Waals surface area contributed by atoms with Crippen LogP contribution >= 0.6 is 15.9 Å². The van der Waals surface area contributed by atoms with Crippen LogP contribution in [0.2, 0.25) is 0 Å². The number of aryl methyl sites for hydroxylation is 1. The standard InChI is InChI=1S/C14H19BrN2O3S/c1-8-4-11(15)12(16)5-14(8)21(19,20)17-6-9-2-3-13(18)10(9)7-17/h4-5,9-10,13,18H,2-3,6-7,16H2,1H3. The molecule has 3 rings (SSSR count). The van der Waals surface area contributed by atoms with E-state index in [1.807, 2.05) is 0 Å². The Labute approximate surface area is 133 Å². The molecule has 0 bridgehead atoms. The zero-order valence-electron chi connectivity index (χ0n) is 11.8. The Kier molecular flexibility index (Phi) is 3.80. The van der Waals surface area contributed by atoms with E-state index in [1.165, 1.54) is 10.4 Å². The number of rotatable bonds is 2. The van der Waals surface area contributed by atoms with Crippen molar-refractivity contribution < 1.29 is 13.5 Å². The topological polar surface area (TPSA) is 83.6 Å². The van der Waals surface area contributed by atoms with Crippen molar-refractivity contribution in [2.24, 2.45) is 11.8 Å². The third kappa shape index (κ3) is 2.50. The summed E-state index contributed by atoms with van der Waals surface area (Å²) in [6, 6.07) is 3.24. The Balaban J connectivity index is 1.94. The van der Waals surface area contributed by atoms with Crippen LogP contribution < -0.4 is 5.73 Å². The largest absolute Gasteiger partial charge is 0.398 e. The van der Waals surface area contributed by atoms with E-state index in [-0.39, 0.29) is 22.8 Å². The number of hydrogen-bond acceptors (Lipinski definition) is 4. The Morgan fingerprint density at radius 2 is 2.05 bits per heavy atom. The van der Waals surface area contributed by atoms with Crippen molar-refractivity contribution in [1.29, 1.82) is 0 Å². The molecule has 116 valence electrons. The lowest BCUT2D eigenvalue weighted by molar-refractivity contribution is 0.129. The van der Waals surface area contributed by atoms with Gasteiger partial charge in [0.25, 0.3) is 0 Å². The maximum Gasteiger partial charge on any atom is 0.243 e. The van der Waals surface area contributed by atoms with Crippen LogP contribution in [0.5, 0.6) is 0 Å². The third-order valence-corrected chi connectivity index (χ3v) is 7.36. The molecule has 0 amide bonds. The van der Waals surface area contributed by atoms with Gasteiger partial charge in [0, 0.05) is 29.2 Å². The first-order valence-electron chi connectivity index (χ1n) is 7.04. The number of nitrogens with zero attached hydrogens (tertiary/aromatic N) is 1. The molecule has 21 heavy (non-hydrogen) atoms. The lowest BCUT2D eigenvalue weighted by Gasteiger charge is -2.20. The lowest BCUT2D eigenvalue weighted by Crippen LogP contribution is -2.31. The number of anilines is 1. The van der Waals surface area contributed by atoms with Gasteiger partial charge in [0.15, 0.2) is 0 Å². The molecule has 7 heteroatoms. The van der Waals surface area contributed by atoms with Gasteiger partial charge < -0.3 is 10.8 Å². The van der Waals surface area contributed by atoms with Gasteiger partial charge in [-0.2, -0.15) is 4.31 Å². The highest BCUT2D eigenvalue weighted by molar-refractivity contribution is 9.10. The summed E-state index contributed by atoms with van der Waals surface area (Å²) in [5.74, 6) is 0.357. The number of fused-ring (bicyclic) bond motifs is 1. The van der Waals surface area contributed by atoms with E-state index in [0.717, 1.165) is 12.8 Å². The molecular weight excluding hydrogens is 356 g/mol. The predicted octanol–water partition coefficient (Wildman–Crippen LogP) is 1.73. The Hall–Kier alpha value is -0.630. The monoisotopic (exact) mass is 374 g/mol. The summed E-state index contributed by atoms with van der Waals surface area (Å²) < 4.78 is 27.9. The number of aliphatic hydroxyl groups is 1. The van der Waals surface area contributed by atoms with Crippen LogP contribution in [0, 0.1) is 18.8 Å². The molecule has 0 radical (unpaired) electrons. The molecule has 2 aliphatic rings. The second kappa shape index (κ2) is 5.22. The summed E-state index contributed by atoms with van der Waals surface area (Å²) in [5.41, 5.74) is 6.92. The van der Waals surface area contributed by atoms with Crippen molar-refractivity contribution in [2.45, 2.75) is 30.8 Å². The molecule has 1 heterocycles. The molecule has 2 fully saturated rings. The van der Waals surface area contributed by atoms with Crippen molar-refractivity contribution in [3.05, 3.63) is 22.2 Å². The van der Waals surface area contributed by atoms with Gasteiger partial charge in [-0.15, -0.1) is 0 Å². The van der Waals surface area contributed by atoms with Crippen molar-refractivity contribution >= 4 is 31.6 Å². The van der Waals surface area contributed by atoms with Crippen LogP contribution in [0.25, 0.3) is 0 Å². The van der Waals surface area contributed by atoms with Gasteiger partial charge in [0.1, 0.15) is 0 Å². The molecule has 1 aromatic carbocycles. The van der Waals surface area contributed by atoms with E-state index in [0.29, 0.717) is 28.8 Å². The van der Waals surface area contributed by atoms with E-state index in [4.69, 9.17) is 5.73 Å². The second-order valence-corrected chi connectivity index (χ2v) is 8.79. The molecule has 5 nitrogen and oxygen atoms in total. The SMILES string of the molecule is Cc1cc(Br)c(N)cc1S(=O)(=O)N1CC2CCC(O)C2C1. The first-order valence-corrected chi connectivity index (χ1v) is 9.28. The summed E-state index contributed by atoms with van der Waals surface area (Å²) in [5, 5.41) is 9.94. The van der Waals surface area contributed by atoms with E-state index in [2.05, 4.69) is 15.9 Å². The van der Waals surface area contributed by atoms with E-state index < -0.39 is 10.0 Å². The molecule has 1 saturated heterocycles. The van der Waals surface area contributed by atoms with Gasteiger partial charge in [0.05, 0.1) is 11.0 Å². The summed E-state index contributed by atoms with van der Waals surface area (Å²) in [6.07, 6.45) is 1.32. The Morgan fingerprint density at radius 1 is 1.33 bits per heavy atom. The molecule has 3 unspecified atom stereocenters. The number of halogens is 1. The van der Waals surface area contributed by atoms with Crippen LogP contribution in [0.15, 0.2) is 21.5 Å². The number of hydrogen-bond donors (Lipinski definition) is 2. The summed E-state index contributed by atoms with van der Waals surface area (Å²) in [7, 11) is -3.55.